The van der Waals surface area contributed by atoms with E-state index in [0.717, 1.165) is 43.3 Å². The first-order chi connectivity index (χ1) is 11.4. The fourth-order valence-corrected chi connectivity index (χ4v) is 4.74. The van der Waals surface area contributed by atoms with Crippen LogP contribution < -0.4 is 5.32 Å². The second-order valence-electron chi connectivity index (χ2n) is 6.88. The molecule has 0 unspecified atom stereocenters. The SMILES string of the molecule is CN(CC(=O)N1CCC2(CCNC2)CC1)S(=O)(=O)c1ccccc1.Cl. The largest absolute Gasteiger partial charge is 0.342 e. The van der Waals surface area contributed by atoms with Gasteiger partial charge in [0.15, 0.2) is 0 Å². The number of hydrogen-bond donors (Lipinski definition) is 1. The molecule has 2 fully saturated rings. The van der Waals surface area contributed by atoms with Crippen LogP contribution in [0.3, 0.4) is 0 Å². The number of amides is 1. The minimum absolute atomic E-state index is 0. The molecule has 140 valence electrons. The van der Waals surface area contributed by atoms with E-state index in [1.807, 2.05) is 0 Å². The summed E-state index contributed by atoms with van der Waals surface area (Å²) in [5.41, 5.74) is 0.346. The van der Waals surface area contributed by atoms with Crippen molar-refractivity contribution < 1.29 is 13.2 Å². The van der Waals surface area contributed by atoms with Crippen LogP contribution in [0.4, 0.5) is 0 Å². The molecule has 6 nitrogen and oxygen atoms in total. The smallest absolute Gasteiger partial charge is 0.243 e. The number of carbonyl (C=O) groups is 1. The highest BCUT2D eigenvalue weighted by Crippen LogP contribution is 2.36. The zero-order valence-electron chi connectivity index (χ0n) is 14.5. The Morgan fingerprint density at radius 3 is 2.40 bits per heavy atom. The van der Waals surface area contributed by atoms with Gasteiger partial charge in [-0.2, -0.15) is 4.31 Å². The van der Waals surface area contributed by atoms with Gasteiger partial charge in [-0.15, -0.1) is 12.4 Å². The summed E-state index contributed by atoms with van der Waals surface area (Å²) in [6, 6.07) is 8.23. The van der Waals surface area contributed by atoms with Crippen LogP contribution >= 0.6 is 12.4 Å². The summed E-state index contributed by atoms with van der Waals surface area (Å²) in [7, 11) is -2.15. The summed E-state index contributed by atoms with van der Waals surface area (Å²) in [4.78, 5) is 14.5. The van der Waals surface area contributed by atoms with Gasteiger partial charge >= 0.3 is 0 Å². The lowest BCUT2D eigenvalue weighted by Gasteiger charge is -2.39. The van der Waals surface area contributed by atoms with Crippen LogP contribution in [0.5, 0.6) is 0 Å². The molecule has 1 spiro atoms. The average molecular weight is 388 g/mol. The third kappa shape index (κ3) is 4.34. The van der Waals surface area contributed by atoms with E-state index in [2.05, 4.69) is 5.32 Å². The number of hydrogen-bond acceptors (Lipinski definition) is 4. The quantitative estimate of drug-likeness (QED) is 0.846. The third-order valence-electron chi connectivity index (χ3n) is 5.32. The first-order valence-corrected chi connectivity index (χ1v) is 9.87. The normalized spacial score (nSPS) is 19.8. The fraction of sp³-hybridized carbons (Fsp3) is 0.588. The zero-order valence-corrected chi connectivity index (χ0v) is 16.1. The van der Waals surface area contributed by atoms with Crippen molar-refractivity contribution in [1.29, 1.82) is 0 Å². The molecule has 2 aliphatic rings. The fourth-order valence-electron chi connectivity index (χ4n) is 3.60. The van der Waals surface area contributed by atoms with Crippen molar-refractivity contribution in [3.8, 4) is 0 Å². The van der Waals surface area contributed by atoms with Gasteiger partial charge in [-0.05, 0) is 43.4 Å². The van der Waals surface area contributed by atoms with E-state index in [1.165, 1.54) is 13.5 Å². The van der Waals surface area contributed by atoms with Crippen molar-refractivity contribution >= 4 is 28.3 Å². The van der Waals surface area contributed by atoms with Crippen LogP contribution in [0.2, 0.25) is 0 Å². The maximum absolute atomic E-state index is 12.5. The van der Waals surface area contributed by atoms with Gasteiger partial charge in [0.05, 0.1) is 11.4 Å². The lowest BCUT2D eigenvalue weighted by atomic mass is 9.78. The maximum Gasteiger partial charge on any atom is 0.243 e. The van der Waals surface area contributed by atoms with Gasteiger partial charge in [-0.25, -0.2) is 8.42 Å². The molecule has 0 bridgehead atoms. The molecule has 3 rings (SSSR count). The molecule has 1 aromatic rings. The van der Waals surface area contributed by atoms with Gasteiger partial charge in [-0.1, -0.05) is 18.2 Å². The number of nitrogens with zero attached hydrogens (tertiary/aromatic N) is 2. The van der Waals surface area contributed by atoms with Crippen molar-refractivity contribution in [3.63, 3.8) is 0 Å². The van der Waals surface area contributed by atoms with Gasteiger partial charge in [0.2, 0.25) is 15.9 Å². The van der Waals surface area contributed by atoms with Crippen molar-refractivity contribution in [3.05, 3.63) is 30.3 Å². The molecular formula is C17H26ClN3O3S. The lowest BCUT2D eigenvalue weighted by Crippen LogP contribution is -2.47. The number of benzene rings is 1. The molecular weight excluding hydrogens is 362 g/mol. The Morgan fingerprint density at radius 2 is 1.84 bits per heavy atom. The van der Waals surface area contributed by atoms with Crippen molar-refractivity contribution in [2.75, 3.05) is 39.8 Å². The topological polar surface area (TPSA) is 69.7 Å². The Morgan fingerprint density at radius 1 is 1.20 bits per heavy atom. The van der Waals surface area contributed by atoms with Gasteiger partial charge in [0.25, 0.3) is 0 Å². The number of sulfonamides is 1. The summed E-state index contributed by atoms with van der Waals surface area (Å²) in [5, 5.41) is 3.41. The van der Waals surface area contributed by atoms with Crippen LogP contribution in [-0.4, -0.2) is 63.3 Å². The molecule has 0 atom stereocenters. The Labute approximate surface area is 156 Å². The Bertz CT molecular complexity index is 680. The number of likely N-dealkylation sites (N-methyl/N-ethyl adjacent to an activating group) is 1. The number of halogens is 1. The molecule has 0 radical (unpaired) electrons. The minimum atomic E-state index is -3.62. The van der Waals surface area contributed by atoms with Crippen LogP contribution in [0, 0.1) is 5.41 Å². The highest BCUT2D eigenvalue weighted by molar-refractivity contribution is 7.89. The summed E-state index contributed by atoms with van der Waals surface area (Å²) < 4.78 is 26.1. The third-order valence-corrected chi connectivity index (χ3v) is 7.14. The molecule has 0 aliphatic carbocycles. The van der Waals surface area contributed by atoms with E-state index < -0.39 is 10.0 Å². The number of nitrogens with one attached hydrogen (secondary N) is 1. The van der Waals surface area contributed by atoms with E-state index in [0.29, 0.717) is 5.41 Å². The van der Waals surface area contributed by atoms with Crippen molar-refractivity contribution in [2.24, 2.45) is 5.41 Å². The predicted octanol–water partition coefficient (Wildman–Crippen LogP) is 1.33. The highest BCUT2D eigenvalue weighted by atomic mass is 35.5. The lowest BCUT2D eigenvalue weighted by molar-refractivity contribution is -0.133. The van der Waals surface area contributed by atoms with Crippen LogP contribution in [0.1, 0.15) is 19.3 Å². The first-order valence-electron chi connectivity index (χ1n) is 8.43. The molecule has 25 heavy (non-hydrogen) atoms. The molecule has 0 aromatic heterocycles. The molecule has 2 heterocycles. The van der Waals surface area contributed by atoms with Crippen LogP contribution in [-0.2, 0) is 14.8 Å². The molecule has 1 amide bonds. The highest BCUT2D eigenvalue weighted by Gasteiger charge is 2.38. The summed E-state index contributed by atoms with van der Waals surface area (Å²) in [6.07, 6.45) is 3.18. The molecule has 0 saturated carbocycles. The standard InChI is InChI=1S/C17H25N3O3S.ClH/c1-19(24(22,23)15-5-3-2-4-6-15)13-16(21)20-11-8-17(9-12-20)7-10-18-14-17;/h2-6,18H,7-14H2,1H3;1H. The van der Waals surface area contributed by atoms with Gasteiger partial charge in [0.1, 0.15) is 0 Å². The van der Waals surface area contributed by atoms with E-state index in [1.54, 1.807) is 35.2 Å². The average Bonchev–Trinajstić information content (AvgIpc) is 3.04. The van der Waals surface area contributed by atoms with Gasteiger partial charge in [-0.3, -0.25) is 4.79 Å². The monoisotopic (exact) mass is 387 g/mol. The summed E-state index contributed by atoms with van der Waals surface area (Å²) >= 11 is 0. The summed E-state index contributed by atoms with van der Waals surface area (Å²) in [6.45, 7) is 3.44. The van der Waals surface area contributed by atoms with E-state index in [-0.39, 0.29) is 29.8 Å². The second-order valence-corrected chi connectivity index (χ2v) is 8.93. The Balaban J connectivity index is 0.00000225. The van der Waals surface area contributed by atoms with Crippen molar-refractivity contribution in [2.45, 2.75) is 24.2 Å². The number of carbonyl (C=O) groups excluding carboxylic acids is 1. The Kier molecular flexibility index (Phi) is 6.48. The second kappa shape index (κ2) is 8.03. The van der Waals surface area contributed by atoms with Crippen LogP contribution in [0.25, 0.3) is 0 Å². The van der Waals surface area contributed by atoms with Gasteiger partial charge < -0.3 is 10.2 Å². The number of rotatable bonds is 4. The molecule has 2 aliphatic heterocycles. The van der Waals surface area contributed by atoms with E-state index in [4.69, 9.17) is 0 Å². The molecule has 1 aromatic carbocycles. The zero-order chi connectivity index (χ0) is 17.2. The molecule has 1 N–H and O–H groups in total. The maximum atomic E-state index is 12.5. The van der Waals surface area contributed by atoms with Crippen LogP contribution in [0.15, 0.2) is 35.2 Å². The summed E-state index contributed by atoms with van der Waals surface area (Å²) in [5.74, 6) is -0.113. The van der Waals surface area contributed by atoms with E-state index in [9.17, 15) is 13.2 Å². The van der Waals surface area contributed by atoms with Gasteiger partial charge in [0, 0.05) is 26.7 Å². The van der Waals surface area contributed by atoms with E-state index >= 15 is 0 Å². The Hall–Kier alpha value is -1.15. The van der Waals surface area contributed by atoms with Crippen molar-refractivity contribution in [1.82, 2.24) is 14.5 Å². The number of likely N-dealkylation sites (tertiary alicyclic amines) is 1. The molecule has 2 saturated heterocycles. The first kappa shape index (κ1) is 20.2. The molecule has 8 heteroatoms. The number of piperidine rings is 1. The minimum Gasteiger partial charge on any atom is -0.342 e. The predicted molar refractivity (Wildman–Crippen MR) is 99.2 cm³/mol.